The minimum atomic E-state index is -1.75. The van der Waals surface area contributed by atoms with E-state index in [4.69, 9.17) is 34.8 Å². The van der Waals surface area contributed by atoms with Crippen molar-refractivity contribution in [2.75, 3.05) is 0 Å². The van der Waals surface area contributed by atoms with E-state index in [9.17, 15) is 9.18 Å². The third-order valence-electron chi connectivity index (χ3n) is 3.43. The Morgan fingerprint density at radius 3 is 2.41 bits per heavy atom. The molecule has 112 valence electrons. The summed E-state index contributed by atoms with van der Waals surface area (Å²) in [4.78, 5) is 15.9. The molecular weight excluding hydrogens is 348 g/mol. The molecule has 0 amide bonds. The first-order chi connectivity index (χ1) is 10.3. The quantitative estimate of drug-likeness (QED) is 0.325. The van der Waals surface area contributed by atoms with E-state index in [1.165, 1.54) is 25.1 Å². The highest BCUT2D eigenvalue weighted by Gasteiger charge is 2.28. The Bertz CT molecular complexity index is 919. The van der Waals surface area contributed by atoms with Gasteiger partial charge >= 0.3 is 0 Å². The Hall–Kier alpha value is -1.42. The van der Waals surface area contributed by atoms with Crippen LogP contribution in [0.3, 0.4) is 0 Å². The van der Waals surface area contributed by atoms with E-state index < -0.39 is 3.79 Å². The molecule has 0 aliphatic heterocycles. The molecule has 0 atom stereocenters. The van der Waals surface area contributed by atoms with Crippen LogP contribution in [-0.4, -0.2) is 10.8 Å². The Morgan fingerprint density at radius 2 is 1.77 bits per heavy atom. The van der Waals surface area contributed by atoms with Gasteiger partial charge in [0.15, 0.2) is 5.78 Å². The van der Waals surface area contributed by atoms with Crippen molar-refractivity contribution in [2.45, 2.75) is 10.7 Å². The molecule has 2 nitrogen and oxygen atoms in total. The van der Waals surface area contributed by atoms with E-state index in [2.05, 4.69) is 4.98 Å². The first-order valence-corrected chi connectivity index (χ1v) is 7.52. The van der Waals surface area contributed by atoms with Crippen molar-refractivity contribution in [1.82, 2.24) is 4.98 Å². The summed E-state index contributed by atoms with van der Waals surface area (Å²) >= 11 is 18.0. The number of carbonyl (C=O) groups is 1. The Labute approximate surface area is 140 Å². The highest BCUT2D eigenvalue weighted by Crippen LogP contribution is 2.42. The zero-order valence-corrected chi connectivity index (χ0v) is 13.6. The van der Waals surface area contributed by atoms with Crippen LogP contribution in [0.25, 0.3) is 21.7 Å². The van der Waals surface area contributed by atoms with Gasteiger partial charge in [0.05, 0.1) is 5.52 Å². The van der Waals surface area contributed by atoms with Crippen LogP contribution in [-0.2, 0) is 3.79 Å². The lowest BCUT2D eigenvalue weighted by atomic mass is 10.0. The standard InChI is InChI=1S/C16H9Cl3FNO/c1-8(22)9-2-4-11-12-7-10(20)3-5-14(12)21-15(13(11)6-9)16(17,18)19/h2-7H,1H3. The number of carbonyl (C=O) groups excluding carboxylic acids is 1. The maximum Gasteiger partial charge on any atom is 0.233 e. The van der Waals surface area contributed by atoms with Crippen molar-refractivity contribution in [3.8, 4) is 0 Å². The number of hydrogen-bond donors (Lipinski definition) is 0. The molecule has 0 bridgehead atoms. The summed E-state index contributed by atoms with van der Waals surface area (Å²) in [7, 11) is 0. The fourth-order valence-electron chi connectivity index (χ4n) is 2.41. The second-order valence-electron chi connectivity index (χ2n) is 4.94. The summed E-state index contributed by atoms with van der Waals surface area (Å²) < 4.78 is 11.8. The average molecular weight is 357 g/mol. The lowest BCUT2D eigenvalue weighted by Gasteiger charge is -2.16. The van der Waals surface area contributed by atoms with Gasteiger partial charge < -0.3 is 0 Å². The summed E-state index contributed by atoms with van der Waals surface area (Å²) in [6.45, 7) is 1.45. The predicted octanol–water partition coefficient (Wildman–Crippen LogP) is 5.56. The molecule has 0 spiro atoms. The smallest absolute Gasteiger partial charge is 0.233 e. The van der Waals surface area contributed by atoms with Gasteiger partial charge in [-0.05, 0) is 36.6 Å². The van der Waals surface area contributed by atoms with Crippen LogP contribution < -0.4 is 0 Å². The second-order valence-corrected chi connectivity index (χ2v) is 7.22. The van der Waals surface area contributed by atoms with Crippen LogP contribution in [0.1, 0.15) is 23.0 Å². The maximum atomic E-state index is 13.5. The summed E-state index contributed by atoms with van der Waals surface area (Å²) in [6.07, 6.45) is 0. The van der Waals surface area contributed by atoms with Crippen molar-refractivity contribution >= 4 is 62.3 Å². The number of halogens is 4. The molecule has 22 heavy (non-hydrogen) atoms. The van der Waals surface area contributed by atoms with Gasteiger partial charge in [-0.15, -0.1) is 0 Å². The van der Waals surface area contributed by atoms with Crippen LogP contribution in [0.15, 0.2) is 36.4 Å². The molecule has 1 aromatic heterocycles. The number of benzene rings is 2. The minimum Gasteiger partial charge on any atom is -0.295 e. The number of nitrogens with zero attached hydrogens (tertiary/aromatic N) is 1. The minimum absolute atomic E-state index is 0.114. The third-order valence-corrected chi connectivity index (χ3v) is 3.97. The SMILES string of the molecule is CC(=O)c1ccc2c(c1)c(C(Cl)(Cl)Cl)nc1ccc(F)cc12. The van der Waals surface area contributed by atoms with E-state index in [0.29, 0.717) is 27.2 Å². The van der Waals surface area contributed by atoms with Crippen LogP contribution in [0, 0.1) is 5.82 Å². The molecule has 1 heterocycles. The Kier molecular flexibility index (Phi) is 3.76. The van der Waals surface area contributed by atoms with Gasteiger partial charge in [-0.25, -0.2) is 9.37 Å². The first kappa shape index (κ1) is 15.5. The molecule has 0 aliphatic carbocycles. The van der Waals surface area contributed by atoms with Gasteiger partial charge in [-0.1, -0.05) is 46.9 Å². The van der Waals surface area contributed by atoms with Gasteiger partial charge in [0.25, 0.3) is 0 Å². The lowest BCUT2D eigenvalue weighted by Crippen LogP contribution is -2.06. The summed E-state index contributed by atoms with van der Waals surface area (Å²) in [5.41, 5.74) is 1.21. The Morgan fingerprint density at radius 1 is 1.05 bits per heavy atom. The van der Waals surface area contributed by atoms with Gasteiger partial charge in [0, 0.05) is 16.3 Å². The molecular formula is C16H9Cl3FNO. The van der Waals surface area contributed by atoms with E-state index in [0.717, 1.165) is 0 Å². The molecule has 2 aromatic carbocycles. The summed E-state index contributed by atoms with van der Waals surface area (Å²) in [5, 5.41) is 1.80. The van der Waals surface area contributed by atoms with Gasteiger partial charge in [-0.3, -0.25) is 4.79 Å². The lowest BCUT2D eigenvalue weighted by molar-refractivity contribution is 0.101. The van der Waals surface area contributed by atoms with Crippen molar-refractivity contribution < 1.29 is 9.18 Å². The number of pyridine rings is 1. The number of ketones is 1. The predicted molar refractivity (Wildman–Crippen MR) is 88.4 cm³/mol. The van der Waals surface area contributed by atoms with E-state index in [1.54, 1.807) is 18.2 Å². The largest absolute Gasteiger partial charge is 0.295 e. The monoisotopic (exact) mass is 355 g/mol. The van der Waals surface area contributed by atoms with Crippen molar-refractivity contribution in [2.24, 2.45) is 0 Å². The van der Waals surface area contributed by atoms with Gasteiger partial charge in [0.1, 0.15) is 11.5 Å². The van der Waals surface area contributed by atoms with Crippen LogP contribution in [0.5, 0.6) is 0 Å². The second kappa shape index (κ2) is 5.34. The molecule has 0 fully saturated rings. The average Bonchev–Trinajstić information content (AvgIpc) is 2.44. The zero-order valence-electron chi connectivity index (χ0n) is 11.3. The molecule has 0 saturated heterocycles. The zero-order chi connectivity index (χ0) is 16.1. The van der Waals surface area contributed by atoms with Gasteiger partial charge in [0.2, 0.25) is 3.79 Å². The Balaban J connectivity index is 2.51. The molecule has 0 saturated carbocycles. The highest BCUT2D eigenvalue weighted by molar-refractivity contribution is 6.67. The molecule has 3 rings (SSSR count). The molecule has 0 unspecified atom stereocenters. The topological polar surface area (TPSA) is 30.0 Å². The normalized spacial score (nSPS) is 12.0. The number of fused-ring (bicyclic) bond motifs is 3. The van der Waals surface area contributed by atoms with Crippen LogP contribution in [0.2, 0.25) is 0 Å². The molecule has 0 N–H and O–H groups in total. The van der Waals surface area contributed by atoms with Crippen molar-refractivity contribution in [3.63, 3.8) is 0 Å². The number of alkyl halides is 3. The molecule has 0 aliphatic rings. The van der Waals surface area contributed by atoms with E-state index in [-0.39, 0.29) is 17.3 Å². The van der Waals surface area contributed by atoms with Gasteiger partial charge in [-0.2, -0.15) is 0 Å². The molecule has 3 aromatic rings. The summed E-state index contributed by atoms with van der Waals surface area (Å²) in [6, 6.07) is 9.20. The fourth-order valence-corrected chi connectivity index (χ4v) is 2.84. The third kappa shape index (κ3) is 2.65. The van der Waals surface area contributed by atoms with E-state index >= 15 is 0 Å². The molecule has 0 radical (unpaired) electrons. The highest BCUT2D eigenvalue weighted by atomic mass is 35.6. The van der Waals surface area contributed by atoms with Crippen molar-refractivity contribution in [1.29, 1.82) is 0 Å². The first-order valence-electron chi connectivity index (χ1n) is 6.38. The fraction of sp³-hybridized carbons (Fsp3) is 0.125. The number of rotatable bonds is 1. The number of hydrogen-bond acceptors (Lipinski definition) is 2. The number of aromatic nitrogens is 1. The van der Waals surface area contributed by atoms with Crippen LogP contribution >= 0.6 is 34.8 Å². The van der Waals surface area contributed by atoms with E-state index in [1.807, 2.05) is 0 Å². The summed E-state index contributed by atoms with van der Waals surface area (Å²) in [5.74, 6) is -0.496. The maximum absolute atomic E-state index is 13.5. The number of Topliss-reactive ketones (excluding diaryl/α,β-unsaturated/α-hetero) is 1. The van der Waals surface area contributed by atoms with Crippen LogP contribution in [0.4, 0.5) is 4.39 Å². The van der Waals surface area contributed by atoms with Crippen molar-refractivity contribution in [3.05, 3.63) is 53.5 Å². The molecule has 6 heteroatoms.